The fourth-order valence-corrected chi connectivity index (χ4v) is 3.31. The van der Waals surface area contributed by atoms with Gasteiger partial charge < -0.3 is 10.4 Å². The summed E-state index contributed by atoms with van der Waals surface area (Å²) >= 11 is 10.9. The van der Waals surface area contributed by atoms with E-state index in [0.29, 0.717) is 17.3 Å². The van der Waals surface area contributed by atoms with Gasteiger partial charge in [-0.05, 0) is 52.7 Å². The summed E-state index contributed by atoms with van der Waals surface area (Å²) in [6, 6.07) is 8.88. The number of halogens is 2. The number of rotatable bonds is 5. The number of thiophene rings is 1. The fraction of sp³-hybridized carbons (Fsp3) is 0.154. The molecule has 0 unspecified atom stereocenters. The van der Waals surface area contributed by atoms with Crippen molar-refractivity contribution in [3.8, 4) is 0 Å². The molecule has 0 bridgehead atoms. The van der Waals surface area contributed by atoms with Crippen molar-refractivity contribution >= 4 is 50.5 Å². The van der Waals surface area contributed by atoms with Crippen molar-refractivity contribution in [2.45, 2.75) is 6.42 Å². The number of carboxylic acid groups (broad SMARTS) is 1. The quantitative estimate of drug-likeness (QED) is 0.824. The van der Waals surface area contributed by atoms with E-state index in [1.807, 2.05) is 6.07 Å². The van der Waals surface area contributed by atoms with Crippen molar-refractivity contribution in [1.82, 2.24) is 0 Å². The molecule has 0 saturated carbocycles. The van der Waals surface area contributed by atoms with E-state index in [2.05, 4.69) is 27.3 Å². The number of hydrogen-bond acceptors (Lipinski definition) is 3. The molecule has 0 amide bonds. The van der Waals surface area contributed by atoms with Gasteiger partial charge in [-0.25, -0.2) is 4.79 Å². The van der Waals surface area contributed by atoms with Gasteiger partial charge in [0.1, 0.15) is 0 Å². The Morgan fingerprint density at radius 1 is 1.37 bits per heavy atom. The highest BCUT2D eigenvalue weighted by atomic mass is 79.9. The third-order valence-electron chi connectivity index (χ3n) is 2.53. The van der Waals surface area contributed by atoms with Crippen LogP contribution < -0.4 is 5.32 Å². The Morgan fingerprint density at radius 3 is 2.79 bits per heavy atom. The number of carboxylic acids is 1. The van der Waals surface area contributed by atoms with Crippen molar-refractivity contribution in [2.75, 3.05) is 11.9 Å². The highest BCUT2D eigenvalue weighted by Gasteiger charge is 2.10. The van der Waals surface area contributed by atoms with Crippen molar-refractivity contribution in [3.63, 3.8) is 0 Å². The molecule has 0 atom stereocenters. The summed E-state index contributed by atoms with van der Waals surface area (Å²) in [6.45, 7) is 0.675. The van der Waals surface area contributed by atoms with Crippen molar-refractivity contribution in [1.29, 1.82) is 0 Å². The predicted octanol–water partition coefficient (Wildman–Crippen LogP) is 4.52. The van der Waals surface area contributed by atoms with Gasteiger partial charge in [-0.1, -0.05) is 11.6 Å². The summed E-state index contributed by atoms with van der Waals surface area (Å²) in [7, 11) is 0. The smallest absolute Gasteiger partial charge is 0.337 e. The second kappa shape index (κ2) is 6.41. The fourth-order valence-electron chi connectivity index (χ4n) is 1.65. The summed E-state index contributed by atoms with van der Waals surface area (Å²) in [5.74, 6) is -0.983. The van der Waals surface area contributed by atoms with Crippen LogP contribution in [0.1, 0.15) is 15.2 Å². The van der Waals surface area contributed by atoms with Crippen LogP contribution in [0.3, 0.4) is 0 Å². The molecule has 2 rings (SSSR count). The lowest BCUT2D eigenvalue weighted by Gasteiger charge is -2.09. The number of anilines is 1. The second-order valence-corrected chi connectivity index (χ2v) is 6.86. The summed E-state index contributed by atoms with van der Waals surface area (Å²) in [4.78, 5) is 12.3. The minimum atomic E-state index is -0.983. The van der Waals surface area contributed by atoms with Crippen LogP contribution in [0, 0.1) is 0 Å². The van der Waals surface area contributed by atoms with Crippen LogP contribution in [-0.4, -0.2) is 17.6 Å². The maximum atomic E-state index is 11.1. The lowest BCUT2D eigenvalue weighted by molar-refractivity contribution is 0.0698. The van der Waals surface area contributed by atoms with Gasteiger partial charge in [-0.3, -0.25) is 0 Å². The minimum Gasteiger partial charge on any atom is -0.478 e. The first-order chi connectivity index (χ1) is 9.06. The molecule has 0 fully saturated rings. The monoisotopic (exact) mass is 359 g/mol. The maximum absolute atomic E-state index is 11.1. The minimum absolute atomic E-state index is 0.194. The topological polar surface area (TPSA) is 49.3 Å². The molecule has 1 aromatic carbocycles. The van der Waals surface area contributed by atoms with Crippen molar-refractivity contribution in [3.05, 3.63) is 49.6 Å². The van der Waals surface area contributed by atoms with Gasteiger partial charge in [-0.2, -0.15) is 0 Å². The average molecular weight is 361 g/mol. The second-order valence-electron chi connectivity index (χ2n) is 3.88. The lowest BCUT2D eigenvalue weighted by Crippen LogP contribution is -2.09. The molecule has 2 N–H and O–H groups in total. The molecule has 1 heterocycles. The van der Waals surface area contributed by atoms with Gasteiger partial charge in [0, 0.05) is 22.1 Å². The molecule has 2 aromatic rings. The van der Waals surface area contributed by atoms with Crippen LogP contribution in [0.5, 0.6) is 0 Å². The van der Waals surface area contributed by atoms with E-state index in [1.165, 1.54) is 10.9 Å². The van der Waals surface area contributed by atoms with E-state index in [9.17, 15) is 4.79 Å². The number of benzene rings is 1. The Labute approximate surface area is 128 Å². The number of nitrogens with one attached hydrogen (secondary N) is 1. The molecule has 1 aromatic heterocycles. The van der Waals surface area contributed by atoms with Crippen LogP contribution >= 0.6 is 38.9 Å². The van der Waals surface area contributed by atoms with Crippen LogP contribution in [0.4, 0.5) is 5.69 Å². The molecule has 0 saturated heterocycles. The van der Waals surface area contributed by atoms with Crippen molar-refractivity contribution in [2.24, 2.45) is 0 Å². The first-order valence-electron chi connectivity index (χ1n) is 5.57. The summed E-state index contributed by atoms with van der Waals surface area (Å²) < 4.78 is 1.10. The van der Waals surface area contributed by atoms with E-state index in [1.54, 1.807) is 23.5 Å². The van der Waals surface area contributed by atoms with Crippen LogP contribution in [-0.2, 0) is 6.42 Å². The third-order valence-corrected chi connectivity index (χ3v) is 4.45. The van der Waals surface area contributed by atoms with Crippen molar-refractivity contribution < 1.29 is 9.90 Å². The van der Waals surface area contributed by atoms with Crippen LogP contribution in [0.15, 0.2) is 34.1 Å². The Balaban J connectivity index is 2.01. The predicted molar refractivity (Wildman–Crippen MR) is 82.6 cm³/mol. The largest absolute Gasteiger partial charge is 0.478 e. The molecule has 19 heavy (non-hydrogen) atoms. The van der Waals surface area contributed by atoms with E-state index < -0.39 is 5.97 Å². The van der Waals surface area contributed by atoms with Gasteiger partial charge in [-0.15, -0.1) is 11.3 Å². The van der Waals surface area contributed by atoms with E-state index in [4.69, 9.17) is 16.7 Å². The Hall–Kier alpha value is -1.04. The highest BCUT2D eigenvalue weighted by Crippen LogP contribution is 2.23. The van der Waals surface area contributed by atoms with E-state index in [-0.39, 0.29) is 5.56 Å². The summed E-state index contributed by atoms with van der Waals surface area (Å²) in [5.41, 5.74) is 0.785. The zero-order valence-corrected chi connectivity index (χ0v) is 13.0. The zero-order chi connectivity index (χ0) is 13.8. The molecular weight excluding hydrogens is 350 g/mol. The number of aromatic carboxylic acids is 1. The Kier molecular flexibility index (Phi) is 4.85. The first kappa shape index (κ1) is 14.4. The SMILES string of the molecule is O=C(O)c1cc(Cl)ccc1NCCc1ccc(Br)s1. The number of hydrogen-bond donors (Lipinski definition) is 2. The third kappa shape index (κ3) is 3.96. The molecule has 6 heteroatoms. The first-order valence-corrected chi connectivity index (χ1v) is 7.56. The molecule has 0 aliphatic rings. The Bertz CT molecular complexity index is 600. The molecule has 100 valence electrons. The van der Waals surface area contributed by atoms with Crippen LogP contribution in [0.2, 0.25) is 5.02 Å². The average Bonchev–Trinajstić information content (AvgIpc) is 2.77. The molecule has 0 spiro atoms. The zero-order valence-electron chi connectivity index (χ0n) is 9.82. The van der Waals surface area contributed by atoms with E-state index in [0.717, 1.165) is 10.2 Å². The summed E-state index contributed by atoms with van der Waals surface area (Å²) in [6.07, 6.45) is 0.845. The van der Waals surface area contributed by atoms with Gasteiger partial charge in [0.15, 0.2) is 0 Å². The lowest BCUT2D eigenvalue weighted by atomic mass is 10.1. The Morgan fingerprint density at radius 2 is 2.16 bits per heavy atom. The molecule has 0 aliphatic carbocycles. The normalized spacial score (nSPS) is 10.4. The van der Waals surface area contributed by atoms with Crippen LogP contribution in [0.25, 0.3) is 0 Å². The standard InChI is InChI=1S/C13H11BrClNO2S/c14-12-4-2-9(19-12)5-6-16-11-3-1-8(15)7-10(11)13(17)18/h1-4,7,16H,5-6H2,(H,17,18). The maximum Gasteiger partial charge on any atom is 0.337 e. The van der Waals surface area contributed by atoms with Gasteiger partial charge in [0.05, 0.1) is 9.35 Å². The molecule has 0 radical (unpaired) electrons. The highest BCUT2D eigenvalue weighted by molar-refractivity contribution is 9.11. The van der Waals surface area contributed by atoms with Gasteiger partial charge in [0.2, 0.25) is 0 Å². The number of carbonyl (C=O) groups is 1. The molecule has 0 aliphatic heterocycles. The van der Waals surface area contributed by atoms with Gasteiger partial charge >= 0.3 is 5.97 Å². The summed E-state index contributed by atoms with van der Waals surface area (Å²) in [5, 5.41) is 12.7. The van der Waals surface area contributed by atoms with E-state index >= 15 is 0 Å². The van der Waals surface area contributed by atoms with Gasteiger partial charge in [0.25, 0.3) is 0 Å². The molecular formula is C13H11BrClNO2S. The molecule has 3 nitrogen and oxygen atoms in total.